The van der Waals surface area contributed by atoms with Crippen molar-refractivity contribution in [3.05, 3.63) is 89.5 Å². The summed E-state index contributed by atoms with van der Waals surface area (Å²) in [5, 5.41) is 20.9. The zero-order chi connectivity index (χ0) is 29.0. The summed E-state index contributed by atoms with van der Waals surface area (Å²) in [6.07, 6.45) is 1.10. The van der Waals surface area contributed by atoms with E-state index in [-0.39, 0.29) is 37.6 Å². The lowest BCUT2D eigenvalue weighted by Crippen LogP contribution is -2.31. The van der Waals surface area contributed by atoms with E-state index in [1.165, 1.54) is 0 Å². The molecular weight excluding hydrogens is 544 g/mol. The van der Waals surface area contributed by atoms with Gasteiger partial charge in [-0.1, -0.05) is 48.5 Å². The molecule has 0 spiro atoms. The van der Waals surface area contributed by atoms with E-state index in [4.69, 9.17) is 19.4 Å². The van der Waals surface area contributed by atoms with Crippen LogP contribution in [0.25, 0.3) is 0 Å². The van der Waals surface area contributed by atoms with Gasteiger partial charge in [0.25, 0.3) is 0 Å². The Bertz CT molecular complexity index is 1290. The van der Waals surface area contributed by atoms with Crippen LogP contribution in [0.1, 0.15) is 61.2 Å². The highest BCUT2D eigenvalue weighted by molar-refractivity contribution is 7.99. The first-order chi connectivity index (χ1) is 20.0. The van der Waals surface area contributed by atoms with E-state index < -0.39 is 12.2 Å². The fourth-order valence-corrected chi connectivity index (χ4v) is 5.61. The minimum atomic E-state index is -0.650. The summed E-state index contributed by atoms with van der Waals surface area (Å²) in [6.45, 7) is -0.0216. The zero-order valence-corrected chi connectivity index (χ0v) is 23.8. The van der Waals surface area contributed by atoms with Gasteiger partial charge in [-0.15, -0.1) is 11.8 Å². The Morgan fingerprint density at radius 1 is 0.951 bits per heavy atom. The Morgan fingerprint density at radius 2 is 1.71 bits per heavy atom. The van der Waals surface area contributed by atoms with E-state index in [0.717, 1.165) is 27.3 Å². The van der Waals surface area contributed by atoms with Crippen LogP contribution in [0.5, 0.6) is 5.75 Å². The van der Waals surface area contributed by atoms with Gasteiger partial charge in [0, 0.05) is 41.2 Å². The van der Waals surface area contributed by atoms with Crippen molar-refractivity contribution in [1.82, 2.24) is 5.48 Å². The second-order valence-corrected chi connectivity index (χ2v) is 10.8. The summed E-state index contributed by atoms with van der Waals surface area (Å²) in [5.41, 5.74) is 4.84. The van der Waals surface area contributed by atoms with Crippen molar-refractivity contribution in [2.24, 2.45) is 0 Å². The Balaban J connectivity index is 1.45. The first-order valence-corrected chi connectivity index (χ1v) is 14.6. The summed E-state index contributed by atoms with van der Waals surface area (Å²) in [6, 6.07) is 23.1. The molecule has 2 amide bonds. The van der Waals surface area contributed by atoms with Gasteiger partial charge >= 0.3 is 0 Å². The molecule has 0 aromatic heterocycles. The van der Waals surface area contributed by atoms with Gasteiger partial charge < -0.3 is 24.6 Å². The molecule has 218 valence electrons. The normalized spacial score (nSPS) is 18.5. The molecule has 41 heavy (non-hydrogen) atoms. The van der Waals surface area contributed by atoms with Crippen molar-refractivity contribution in [3.63, 3.8) is 0 Å². The average Bonchev–Trinajstić information content (AvgIpc) is 3.02. The van der Waals surface area contributed by atoms with Crippen LogP contribution in [-0.2, 0) is 25.7 Å². The number of unbranched alkanes of at least 4 members (excludes halogenated alkanes) is 1. The average molecular weight is 581 g/mol. The van der Waals surface area contributed by atoms with Crippen LogP contribution in [0, 0.1) is 0 Å². The van der Waals surface area contributed by atoms with Crippen molar-refractivity contribution in [1.29, 1.82) is 0 Å². The van der Waals surface area contributed by atoms with Crippen LogP contribution < -0.4 is 15.5 Å². The molecule has 1 heterocycles. The molecule has 1 fully saturated rings. The van der Waals surface area contributed by atoms with Crippen LogP contribution in [0.3, 0.4) is 0 Å². The molecule has 0 radical (unpaired) electrons. The highest BCUT2D eigenvalue weighted by Gasteiger charge is 2.32. The molecule has 0 aliphatic carbocycles. The van der Waals surface area contributed by atoms with E-state index in [0.29, 0.717) is 30.7 Å². The summed E-state index contributed by atoms with van der Waals surface area (Å²) in [7, 11) is 1.66. The molecule has 0 bridgehead atoms. The fourth-order valence-electron chi connectivity index (χ4n) is 4.56. The number of amides is 2. The number of hydrogen-bond donors (Lipinski definition) is 4. The zero-order valence-electron chi connectivity index (χ0n) is 23.0. The van der Waals surface area contributed by atoms with Crippen molar-refractivity contribution < 1.29 is 34.1 Å². The third-order valence-corrected chi connectivity index (χ3v) is 7.92. The predicted molar refractivity (Wildman–Crippen MR) is 156 cm³/mol. The van der Waals surface area contributed by atoms with E-state index in [2.05, 4.69) is 5.32 Å². The number of rotatable bonds is 13. The van der Waals surface area contributed by atoms with Crippen molar-refractivity contribution in [2.45, 2.75) is 62.1 Å². The number of benzene rings is 3. The SMILES string of the molecule is COc1ccccc1SCC1CC(c2ccc(CO)cc2)OC(c2cccc(NC(=O)CCCCC(=O)NO)c2)O1. The minimum Gasteiger partial charge on any atom is -0.496 e. The molecule has 3 aromatic rings. The Hall–Kier alpha value is -3.41. The molecular formula is C31H36N2O7S. The summed E-state index contributed by atoms with van der Waals surface area (Å²) in [4.78, 5) is 24.6. The third kappa shape index (κ3) is 9.04. The molecule has 1 saturated heterocycles. The fraction of sp³-hybridized carbons (Fsp3) is 0.355. The number of carbonyl (C=O) groups excluding carboxylic acids is 2. The number of aliphatic hydroxyl groups excluding tert-OH is 1. The summed E-state index contributed by atoms with van der Waals surface area (Å²) >= 11 is 1.67. The Labute approximate surface area is 244 Å². The molecule has 3 atom stereocenters. The lowest BCUT2D eigenvalue weighted by molar-refractivity contribution is -0.245. The molecule has 3 unspecified atom stereocenters. The highest BCUT2D eigenvalue weighted by atomic mass is 32.2. The minimum absolute atomic E-state index is 0.0216. The maximum Gasteiger partial charge on any atom is 0.243 e. The Kier molecular flexibility index (Phi) is 11.6. The van der Waals surface area contributed by atoms with Gasteiger partial charge in [-0.2, -0.15) is 0 Å². The standard InChI is InChI=1S/C31H36N2O7S/c1-38-26-9-2-3-10-28(26)41-20-25-18-27(22-15-13-21(19-34)14-16-22)40-31(39-25)23-7-6-8-24(17-23)32-29(35)11-4-5-12-30(36)33-37/h2-3,6-10,13-17,25,27,31,34,37H,4-5,11-12,18-20H2,1H3,(H,32,35)(H,33,36). The monoisotopic (exact) mass is 580 g/mol. The first kappa shape index (κ1) is 30.5. The number of aliphatic hydroxyl groups is 1. The van der Waals surface area contributed by atoms with Gasteiger partial charge in [0.2, 0.25) is 11.8 Å². The number of carbonyl (C=O) groups is 2. The first-order valence-electron chi connectivity index (χ1n) is 13.6. The topological polar surface area (TPSA) is 126 Å². The molecule has 4 N–H and O–H groups in total. The number of anilines is 1. The van der Waals surface area contributed by atoms with Gasteiger partial charge in [-0.05, 0) is 48.2 Å². The van der Waals surface area contributed by atoms with Gasteiger partial charge in [-0.25, -0.2) is 5.48 Å². The molecule has 1 aliphatic rings. The highest BCUT2D eigenvalue weighted by Crippen LogP contribution is 2.40. The lowest BCUT2D eigenvalue weighted by atomic mass is 10.0. The van der Waals surface area contributed by atoms with Gasteiger partial charge in [-0.3, -0.25) is 14.8 Å². The number of nitrogens with one attached hydrogen (secondary N) is 2. The number of hydroxylamine groups is 1. The molecule has 1 aliphatic heterocycles. The largest absolute Gasteiger partial charge is 0.496 e. The van der Waals surface area contributed by atoms with E-state index in [1.54, 1.807) is 24.4 Å². The van der Waals surface area contributed by atoms with Crippen molar-refractivity contribution in [2.75, 3.05) is 18.2 Å². The lowest BCUT2D eigenvalue weighted by Gasteiger charge is -2.36. The molecule has 3 aromatic carbocycles. The van der Waals surface area contributed by atoms with Gasteiger partial charge in [0.15, 0.2) is 6.29 Å². The number of para-hydroxylation sites is 1. The van der Waals surface area contributed by atoms with Crippen LogP contribution in [0.2, 0.25) is 0 Å². The molecule has 9 nitrogen and oxygen atoms in total. The number of methoxy groups -OCH3 is 1. The van der Waals surface area contributed by atoms with Crippen LogP contribution in [-0.4, -0.2) is 41.1 Å². The third-order valence-electron chi connectivity index (χ3n) is 6.73. The van der Waals surface area contributed by atoms with Crippen molar-refractivity contribution >= 4 is 29.3 Å². The molecule has 0 saturated carbocycles. The van der Waals surface area contributed by atoms with E-state index >= 15 is 0 Å². The van der Waals surface area contributed by atoms with E-state index in [1.807, 2.05) is 72.8 Å². The predicted octanol–water partition coefficient (Wildman–Crippen LogP) is 5.53. The second-order valence-electron chi connectivity index (χ2n) is 9.73. The maximum atomic E-state index is 12.5. The smallest absolute Gasteiger partial charge is 0.243 e. The van der Waals surface area contributed by atoms with Crippen LogP contribution in [0.15, 0.2) is 77.7 Å². The molecule has 10 heteroatoms. The number of hydrogen-bond acceptors (Lipinski definition) is 8. The Morgan fingerprint density at radius 3 is 2.44 bits per heavy atom. The second kappa shape index (κ2) is 15.6. The number of thioether (sulfide) groups is 1. The van der Waals surface area contributed by atoms with Gasteiger partial charge in [0.05, 0.1) is 25.9 Å². The van der Waals surface area contributed by atoms with E-state index in [9.17, 15) is 14.7 Å². The number of ether oxygens (including phenoxy) is 3. The molecule has 4 rings (SSSR count). The maximum absolute atomic E-state index is 12.5. The summed E-state index contributed by atoms with van der Waals surface area (Å²) < 4.78 is 18.4. The van der Waals surface area contributed by atoms with Crippen LogP contribution in [0.4, 0.5) is 5.69 Å². The summed E-state index contributed by atoms with van der Waals surface area (Å²) in [5.74, 6) is 0.881. The van der Waals surface area contributed by atoms with Crippen LogP contribution >= 0.6 is 11.8 Å². The quantitative estimate of drug-likeness (QED) is 0.0900. The van der Waals surface area contributed by atoms with Crippen molar-refractivity contribution in [3.8, 4) is 5.75 Å². The van der Waals surface area contributed by atoms with Gasteiger partial charge in [0.1, 0.15) is 5.75 Å².